The van der Waals surface area contributed by atoms with Crippen LogP contribution in [0.15, 0.2) is 0 Å². The Morgan fingerprint density at radius 3 is 2.12 bits per heavy atom. The van der Waals surface area contributed by atoms with Gasteiger partial charge in [-0.2, -0.15) is 0 Å². The summed E-state index contributed by atoms with van der Waals surface area (Å²) in [4.78, 5) is 11.3. The normalized spacial score (nSPS) is 12.5. The highest BCUT2D eigenvalue weighted by Gasteiger charge is 2.28. The number of hydrogen-bond acceptors (Lipinski definition) is 7. The van der Waals surface area contributed by atoms with Crippen molar-refractivity contribution in [1.82, 2.24) is 0 Å². The third-order valence-electron chi connectivity index (χ3n) is 1.50. The average Bonchev–Trinajstić information content (AvgIpc) is 2.16. The van der Waals surface area contributed by atoms with E-state index in [1.807, 2.05) is 0 Å². The lowest BCUT2D eigenvalue weighted by Gasteiger charge is -2.19. The van der Waals surface area contributed by atoms with Gasteiger partial charge in [0.15, 0.2) is 0 Å². The smallest absolute Gasteiger partial charge is 0.392 e. The molecular formula is C9H20NO5PS. The summed E-state index contributed by atoms with van der Waals surface area (Å²) in [6.45, 7) is 3.78. The predicted octanol–water partition coefficient (Wildman–Crippen LogP) is 2.14. The first kappa shape index (κ1) is 16.9. The Labute approximate surface area is 106 Å². The van der Waals surface area contributed by atoms with E-state index in [2.05, 4.69) is 0 Å². The third-order valence-corrected chi connectivity index (χ3v) is 5.09. The van der Waals surface area contributed by atoms with E-state index in [0.717, 1.165) is 11.4 Å². The highest BCUT2D eigenvalue weighted by Crippen LogP contribution is 2.60. The van der Waals surface area contributed by atoms with Gasteiger partial charge in [0.05, 0.1) is 13.2 Å². The van der Waals surface area contributed by atoms with Gasteiger partial charge in [0, 0.05) is 11.4 Å². The van der Waals surface area contributed by atoms with Crippen molar-refractivity contribution in [1.29, 1.82) is 0 Å². The molecule has 0 aromatic carbocycles. The van der Waals surface area contributed by atoms with Crippen molar-refractivity contribution in [2.24, 2.45) is 5.73 Å². The largest absolute Gasteiger partial charge is 0.453 e. The van der Waals surface area contributed by atoms with E-state index in [0.29, 0.717) is 0 Å². The fraction of sp³-hybridized carbons (Fsp3) is 0.889. The highest BCUT2D eigenvalue weighted by atomic mass is 32.7. The monoisotopic (exact) mass is 285 g/mol. The molecule has 0 atom stereocenters. The van der Waals surface area contributed by atoms with Crippen LogP contribution in [0, 0.1) is 0 Å². The van der Waals surface area contributed by atoms with Gasteiger partial charge in [-0.1, -0.05) is 0 Å². The number of hydrogen-bond donors (Lipinski definition) is 1. The van der Waals surface area contributed by atoms with E-state index < -0.39 is 18.3 Å². The number of nitrogens with two attached hydrogens (primary N) is 1. The lowest BCUT2D eigenvalue weighted by Crippen LogP contribution is -2.42. The maximum atomic E-state index is 11.9. The summed E-state index contributed by atoms with van der Waals surface area (Å²) in [6, 6.07) is 0. The zero-order valence-electron chi connectivity index (χ0n) is 10.6. The van der Waals surface area contributed by atoms with Gasteiger partial charge in [-0.15, -0.1) is 0 Å². The molecule has 0 aliphatic carbocycles. The Bertz CT molecular complexity index is 282. The van der Waals surface area contributed by atoms with E-state index in [4.69, 9.17) is 19.5 Å². The summed E-state index contributed by atoms with van der Waals surface area (Å²) < 4.78 is 26.8. The second-order valence-electron chi connectivity index (χ2n) is 3.68. The van der Waals surface area contributed by atoms with Gasteiger partial charge in [-0.3, -0.25) is 4.79 Å². The highest BCUT2D eigenvalue weighted by molar-refractivity contribution is 8.55. The summed E-state index contributed by atoms with van der Waals surface area (Å²) in [5.74, 6) is -0.680. The molecule has 0 saturated heterocycles. The number of ether oxygens (including phenoxy) is 1. The fourth-order valence-electron chi connectivity index (χ4n) is 0.758. The molecule has 0 fully saturated rings. The predicted molar refractivity (Wildman–Crippen MR) is 67.7 cm³/mol. The topological polar surface area (TPSA) is 87.9 Å². The molecule has 0 unspecified atom stereocenters. The van der Waals surface area contributed by atoms with Crippen LogP contribution in [0.3, 0.4) is 0 Å². The molecule has 102 valence electrons. The van der Waals surface area contributed by atoms with Gasteiger partial charge in [0.25, 0.3) is 0 Å². The number of esters is 1. The zero-order chi connectivity index (χ0) is 13.5. The number of carbonyl (C=O) groups excluding carboxylic acids is 1. The van der Waals surface area contributed by atoms with E-state index in [1.54, 1.807) is 13.8 Å². The minimum atomic E-state index is -3.23. The minimum Gasteiger partial charge on any atom is -0.453 e. The molecule has 0 rings (SSSR count). The SMILES string of the molecule is CCOP(=O)(OCC)SCOC(=O)C(C)(C)N. The lowest BCUT2D eigenvalue weighted by molar-refractivity contribution is -0.146. The van der Waals surface area contributed by atoms with Crippen LogP contribution < -0.4 is 5.73 Å². The Morgan fingerprint density at radius 2 is 1.76 bits per heavy atom. The first-order valence-corrected chi connectivity index (χ1v) is 8.38. The summed E-state index contributed by atoms with van der Waals surface area (Å²) in [5.41, 5.74) is 4.46. The van der Waals surface area contributed by atoms with E-state index >= 15 is 0 Å². The van der Waals surface area contributed by atoms with Crippen LogP contribution in [-0.2, 0) is 23.1 Å². The number of carbonyl (C=O) groups is 1. The van der Waals surface area contributed by atoms with Gasteiger partial charge in [-0.25, -0.2) is 4.57 Å². The van der Waals surface area contributed by atoms with Crippen LogP contribution in [0.4, 0.5) is 0 Å². The molecular weight excluding hydrogens is 265 g/mol. The van der Waals surface area contributed by atoms with Crippen molar-refractivity contribution in [3.05, 3.63) is 0 Å². The second kappa shape index (κ2) is 7.38. The van der Waals surface area contributed by atoms with Crippen molar-refractivity contribution in [2.75, 3.05) is 19.2 Å². The summed E-state index contributed by atoms with van der Waals surface area (Å²) >= 11 is 0.830. The van der Waals surface area contributed by atoms with Gasteiger partial charge >= 0.3 is 12.8 Å². The van der Waals surface area contributed by atoms with Crippen LogP contribution in [-0.4, -0.2) is 30.7 Å². The van der Waals surface area contributed by atoms with E-state index in [9.17, 15) is 9.36 Å². The Morgan fingerprint density at radius 1 is 1.29 bits per heavy atom. The van der Waals surface area contributed by atoms with Crippen molar-refractivity contribution in [3.63, 3.8) is 0 Å². The number of rotatable bonds is 8. The molecule has 0 heterocycles. The van der Waals surface area contributed by atoms with Gasteiger partial charge in [0.2, 0.25) is 0 Å². The fourth-order valence-corrected chi connectivity index (χ4v) is 3.53. The van der Waals surface area contributed by atoms with Gasteiger partial charge < -0.3 is 19.5 Å². The van der Waals surface area contributed by atoms with Crippen LogP contribution in [0.1, 0.15) is 27.7 Å². The molecule has 2 N–H and O–H groups in total. The van der Waals surface area contributed by atoms with Gasteiger partial charge in [0.1, 0.15) is 11.5 Å². The van der Waals surface area contributed by atoms with Crippen LogP contribution in [0.5, 0.6) is 0 Å². The lowest BCUT2D eigenvalue weighted by atomic mass is 10.1. The molecule has 8 heteroatoms. The van der Waals surface area contributed by atoms with Crippen LogP contribution in [0.25, 0.3) is 0 Å². The Hall–Kier alpha value is -0.0700. The zero-order valence-corrected chi connectivity index (χ0v) is 12.3. The Balaban J connectivity index is 4.16. The average molecular weight is 285 g/mol. The third kappa shape index (κ3) is 7.06. The first-order chi connectivity index (χ1) is 7.75. The molecule has 0 aliphatic heterocycles. The molecule has 0 spiro atoms. The molecule has 6 nitrogen and oxygen atoms in total. The maximum Gasteiger partial charge on any atom is 0.392 e. The molecule has 0 radical (unpaired) electrons. The molecule has 0 bridgehead atoms. The molecule has 0 aliphatic rings. The van der Waals surface area contributed by atoms with Crippen LogP contribution >= 0.6 is 18.2 Å². The van der Waals surface area contributed by atoms with Crippen LogP contribution in [0.2, 0.25) is 0 Å². The maximum absolute atomic E-state index is 11.9. The minimum absolute atomic E-state index is 0.114. The molecule has 0 saturated carbocycles. The van der Waals surface area contributed by atoms with Crippen molar-refractivity contribution in [2.45, 2.75) is 33.2 Å². The van der Waals surface area contributed by atoms with Crippen molar-refractivity contribution < 1.29 is 23.1 Å². The summed E-state index contributed by atoms with van der Waals surface area (Å²) in [5, 5.41) is 0. The van der Waals surface area contributed by atoms with E-state index in [1.165, 1.54) is 13.8 Å². The standard InChI is InChI=1S/C9H20NO5PS/c1-5-14-16(12,15-6-2)17-7-13-8(11)9(3,4)10/h5-7,10H2,1-4H3. The van der Waals surface area contributed by atoms with Crippen molar-refractivity contribution in [3.8, 4) is 0 Å². The first-order valence-electron chi connectivity index (χ1n) is 5.25. The molecule has 0 amide bonds. The summed E-state index contributed by atoms with van der Waals surface area (Å²) in [7, 11) is 0. The Kier molecular flexibility index (Phi) is 7.35. The quantitative estimate of drug-likeness (QED) is 0.415. The summed E-state index contributed by atoms with van der Waals surface area (Å²) in [6.07, 6.45) is 0. The van der Waals surface area contributed by atoms with E-state index in [-0.39, 0.29) is 19.2 Å². The van der Waals surface area contributed by atoms with Gasteiger partial charge in [-0.05, 0) is 27.7 Å². The molecule has 0 aromatic rings. The molecule has 0 aromatic heterocycles. The van der Waals surface area contributed by atoms with Crippen molar-refractivity contribution >= 4 is 24.1 Å². The second-order valence-corrected chi connectivity index (χ2v) is 7.70. The molecule has 17 heavy (non-hydrogen) atoms.